The largest absolute Gasteiger partial charge is 0.385 e. The molecule has 1 aliphatic rings. The zero-order valence-corrected chi connectivity index (χ0v) is 11.9. The number of carbonyl (C=O) groups excluding carboxylic acids is 1. The molecule has 5 heteroatoms. The molecule has 17 heavy (non-hydrogen) atoms. The lowest BCUT2D eigenvalue weighted by atomic mass is 9.92. The number of amides is 1. The minimum absolute atomic E-state index is 0. The Morgan fingerprint density at radius 2 is 2.24 bits per heavy atom. The highest BCUT2D eigenvalue weighted by molar-refractivity contribution is 5.85. The third kappa shape index (κ3) is 5.70. The Morgan fingerprint density at radius 3 is 2.82 bits per heavy atom. The molecule has 1 rings (SSSR count). The highest BCUT2D eigenvalue weighted by atomic mass is 35.5. The van der Waals surface area contributed by atoms with Crippen LogP contribution < -0.4 is 5.32 Å². The SMILES string of the molecule is COCCCN(C)C(=O)[C@H]1CCN[C@@H](C)C1.Cl. The van der Waals surface area contributed by atoms with Crippen LogP contribution in [-0.4, -0.2) is 50.7 Å². The maximum atomic E-state index is 12.1. The van der Waals surface area contributed by atoms with E-state index < -0.39 is 0 Å². The molecule has 0 aromatic carbocycles. The first-order valence-corrected chi connectivity index (χ1v) is 6.12. The van der Waals surface area contributed by atoms with Gasteiger partial charge in [0.2, 0.25) is 5.91 Å². The first kappa shape index (κ1) is 16.7. The van der Waals surface area contributed by atoms with E-state index in [1.54, 1.807) is 7.11 Å². The van der Waals surface area contributed by atoms with Gasteiger partial charge < -0.3 is 15.0 Å². The van der Waals surface area contributed by atoms with Crippen molar-refractivity contribution in [3.63, 3.8) is 0 Å². The highest BCUT2D eigenvalue weighted by Crippen LogP contribution is 2.18. The summed E-state index contributed by atoms with van der Waals surface area (Å²) in [4.78, 5) is 13.9. The third-order valence-electron chi connectivity index (χ3n) is 3.19. The monoisotopic (exact) mass is 264 g/mol. The molecule has 1 saturated heterocycles. The van der Waals surface area contributed by atoms with Gasteiger partial charge in [0, 0.05) is 39.3 Å². The molecule has 0 aromatic rings. The number of piperidine rings is 1. The third-order valence-corrected chi connectivity index (χ3v) is 3.19. The van der Waals surface area contributed by atoms with Crippen LogP contribution in [0.2, 0.25) is 0 Å². The van der Waals surface area contributed by atoms with Gasteiger partial charge in [-0.3, -0.25) is 4.79 Å². The van der Waals surface area contributed by atoms with Gasteiger partial charge in [-0.05, 0) is 32.7 Å². The summed E-state index contributed by atoms with van der Waals surface area (Å²) in [6, 6.07) is 0.468. The molecule has 1 fully saturated rings. The average molecular weight is 265 g/mol. The number of nitrogens with zero attached hydrogens (tertiary/aromatic N) is 1. The minimum atomic E-state index is 0. The summed E-state index contributed by atoms with van der Waals surface area (Å²) in [6.45, 7) is 4.62. The number of hydrogen-bond acceptors (Lipinski definition) is 3. The van der Waals surface area contributed by atoms with Gasteiger partial charge in [-0.2, -0.15) is 0 Å². The van der Waals surface area contributed by atoms with Crippen LogP contribution in [0.4, 0.5) is 0 Å². The average Bonchev–Trinajstić information content (AvgIpc) is 2.28. The summed E-state index contributed by atoms with van der Waals surface area (Å²) in [6.07, 6.45) is 2.85. The Morgan fingerprint density at radius 1 is 1.53 bits per heavy atom. The van der Waals surface area contributed by atoms with Crippen LogP contribution in [0.5, 0.6) is 0 Å². The second-order valence-corrected chi connectivity index (χ2v) is 4.68. The van der Waals surface area contributed by atoms with Crippen molar-refractivity contribution < 1.29 is 9.53 Å². The fraction of sp³-hybridized carbons (Fsp3) is 0.917. The van der Waals surface area contributed by atoms with Crippen LogP contribution >= 0.6 is 12.4 Å². The van der Waals surface area contributed by atoms with Gasteiger partial charge in [-0.1, -0.05) is 0 Å². The number of hydrogen-bond donors (Lipinski definition) is 1. The van der Waals surface area contributed by atoms with Crippen LogP contribution in [0, 0.1) is 5.92 Å². The van der Waals surface area contributed by atoms with Gasteiger partial charge in [-0.15, -0.1) is 12.4 Å². The lowest BCUT2D eigenvalue weighted by Gasteiger charge is -2.30. The molecular formula is C12H25ClN2O2. The van der Waals surface area contributed by atoms with E-state index in [2.05, 4.69) is 12.2 Å². The molecule has 4 nitrogen and oxygen atoms in total. The van der Waals surface area contributed by atoms with Gasteiger partial charge in [0.15, 0.2) is 0 Å². The fourth-order valence-electron chi connectivity index (χ4n) is 2.22. The molecular weight excluding hydrogens is 240 g/mol. The number of carbonyl (C=O) groups is 1. The fourth-order valence-corrected chi connectivity index (χ4v) is 2.22. The first-order valence-electron chi connectivity index (χ1n) is 6.12. The quantitative estimate of drug-likeness (QED) is 0.761. The van der Waals surface area contributed by atoms with Crippen molar-refractivity contribution in [2.75, 3.05) is 33.9 Å². The van der Waals surface area contributed by atoms with E-state index in [1.807, 2.05) is 11.9 Å². The van der Waals surface area contributed by atoms with Crippen molar-refractivity contribution in [2.45, 2.75) is 32.2 Å². The van der Waals surface area contributed by atoms with Crippen LogP contribution in [-0.2, 0) is 9.53 Å². The minimum Gasteiger partial charge on any atom is -0.385 e. The van der Waals surface area contributed by atoms with Crippen LogP contribution in [0.25, 0.3) is 0 Å². The van der Waals surface area contributed by atoms with Crippen molar-refractivity contribution in [1.82, 2.24) is 10.2 Å². The number of nitrogens with one attached hydrogen (secondary N) is 1. The molecule has 1 heterocycles. The maximum Gasteiger partial charge on any atom is 0.225 e. The molecule has 0 aliphatic carbocycles. The lowest BCUT2D eigenvalue weighted by molar-refractivity contribution is -0.135. The lowest BCUT2D eigenvalue weighted by Crippen LogP contribution is -2.43. The van der Waals surface area contributed by atoms with Crippen LogP contribution in [0.15, 0.2) is 0 Å². The summed E-state index contributed by atoms with van der Waals surface area (Å²) in [5.41, 5.74) is 0. The van der Waals surface area contributed by atoms with Crippen molar-refractivity contribution in [1.29, 1.82) is 0 Å². The van der Waals surface area contributed by atoms with Crippen molar-refractivity contribution >= 4 is 18.3 Å². The number of halogens is 1. The molecule has 0 radical (unpaired) electrons. The van der Waals surface area contributed by atoms with E-state index in [9.17, 15) is 4.79 Å². The Balaban J connectivity index is 0.00000256. The van der Waals surface area contributed by atoms with E-state index in [1.165, 1.54) is 0 Å². The molecule has 0 aromatic heterocycles. The van der Waals surface area contributed by atoms with Gasteiger partial charge in [0.25, 0.3) is 0 Å². The Kier molecular flexibility index (Phi) is 8.56. The van der Waals surface area contributed by atoms with Gasteiger partial charge in [0.05, 0.1) is 0 Å². The molecule has 102 valence electrons. The summed E-state index contributed by atoms with van der Waals surface area (Å²) in [7, 11) is 3.58. The van der Waals surface area contributed by atoms with Crippen molar-refractivity contribution in [2.24, 2.45) is 5.92 Å². The zero-order chi connectivity index (χ0) is 12.0. The molecule has 1 amide bonds. The standard InChI is InChI=1S/C12H24N2O2.ClH/c1-10-9-11(5-6-13-10)12(15)14(2)7-4-8-16-3;/h10-11,13H,4-9H2,1-3H3;1H/t10-,11-;/m0./s1. The highest BCUT2D eigenvalue weighted by Gasteiger charge is 2.26. The van der Waals surface area contributed by atoms with Crippen LogP contribution in [0.3, 0.4) is 0 Å². The van der Waals surface area contributed by atoms with Gasteiger partial charge in [-0.25, -0.2) is 0 Å². The molecule has 0 bridgehead atoms. The van der Waals surface area contributed by atoms with E-state index in [4.69, 9.17) is 4.74 Å². The second kappa shape index (κ2) is 8.72. The summed E-state index contributed by atoms with van der Waals surface area (Å²) in [5.74, 6) is 0.508. The van der Waals surface area contributed by atoms with Crippen LogP contribution in [0.1, 0.15) is 26.2 Å². The maximum absolute atomic E-state index is 12.1. The van der Waals surface area contributed by atoms with Crippen molar-refractivity contribution in [3.8, 4) is 0 Å². The predicted molar refractivity (Wildman–Crippen MR) is 71.6 cm³/mol. The van der Waals surface area contributed by atoms with E-state index >= 15 is 0 Å². The number of ether oxygens (including phenoxy) is 1. The molecule has 0 spiro atoms. The van der Waals surface area contributed by atoms with Crippen molar-refractivity contribution in [3.05, 3.63) is 0 Å². The Labute approximate surface area is 110 Å². The summed E-state index contributed by atoms with van der Waals surface area (Å²) < 4.78 is 4.99. The normalized spacial score (nSPS) is 23.9. The molecule has 1 aliphatic heterocycles. The molecule has 1 N–H and O–H groups in total. The molecule has 0 unspecified atom stereocenters. The second-order valence-electron chi connectivity index (χ2n) is 4.68. The first-order chi connectivity index (χ1) is 7.65. The molecule has 2 atom stereocenters. The van der Waals surface area contributed by atoms with E-state index in [0.29, 0.717) is 11.9 Å². The zero-order valence-electron chi connectivity index (χ0n) is 11.1. The summed E-state index contributed by atoms with van der Waals surface area (Å²) in [5, 5.41) is 3.37. The molecule has 0 saturated carbocycles. The van der Waals surface area contributed by atoms with E-state index in [-0.39, 0.29) is 18.3 Å². The van der Waals surface area contributed by atoms with Gasteiger partial charge in [0.1, 0.15) is 0 Å². The topological polar surface area (TPSA) is 41.6 Å². The number of methoxy groups -OCH3 is 1. The predicted octanol–water partition coefficient (Wildman–Crippen LogP) is 1.29. The Hall–Kier alpha value is -0.320. The Bertz CT molecular complexity index is 227. The number of rotatable bonds is 5. The smallest absolute Gasteiger partial charge is 0.225 e. The summed E-state index contributed by atoms with van der Waals surface area (Å²) >= 11 is 0. The van der Waals surface area contributed by atoms with Gasteiger partial charge >= 0.3 is 0 Å². The van der Waals surface area contributed by atoms with E-state index in [0.717, 1.165) is 39.0 Å².